The van der Waals surface area contributed by atoms with E-state index in [1.165, 1.54) is 19.3 Å². The number of nitrogens with one attached hydrogen (secondary N) is 1. The number of allylic oxidation sites excluding steroid dienone is 1. The number of aliphatic hydroxyl groups excluding tert-OH is 1. The third-order valence-electron chi connectivity index (χ3n) is 3.52. The van der Waals surface area contributed by atoms with Gasteiger partial charge in [-0.2, -0.15) is 0 Å². The molecule has 0 radical (unpaired) electrons. The molecule has 1 heterocycles. The van der Waals surface area contributed by atoms with Gasteiger partial charge in [0.25, 0.3) is 0 Å². The van der Waals surface area contributed by atoms with Crippen molar-refractivity contribution in [2.75, 3.05) is 13.2 Å². The number of hydrogen-bond donors (Lipinski definition) is 2. The van der Waals surface area contributed by atoms with E-state index in [2.05, 4.69) is 11.4 Å². The normalized spacial score (nSPS) is 35.4. The van der Waals surface area contributed by atoms with Crippen molar-refractivity contribution < 1.29 is 9.84 Å². The van der Waals surface area contributed by atoms with Gasteiger partial charge < -0.3 is 15.2 Å². The second kappa shape index (κ2) is 5.52. The van der Waals surface area contributed by atoms with Crippen molar-refractivity contribution in [1.29, 1.82) is 0 Å². The fourth-order valence-corrected chi connectivity index (χ4v) is 2.54. The van der Waals surface area contributed by atoms with Crippen LogP contribution in [-0.4, -0.2) is 30.4 Å². The van der Waals surface area contributed by atoms with Crippen LogP contribution in [0.15, 0.2) is 12.3 Å². The van der Waals surface area contributed by atoms with Gasteiger partial charge in [0.05, 0.1) is 6.26 Å². The SMILES string of the molecule is OCC1CCCC1NCC1CCC=CO1. The Balaban J connectivity index is 1.70. The molecule has 3 nitrogen and oxygen atoms in total. The van der Waals surface area contributed by atoms with Gasteiger partial charge in [0.2, 0.25) is 0 Å². The van der Waals surface area contributed by atoms with Crippen molar-refractivity contribution in [2.24, 2.45) is 5.92 Å². The van der Waals surface area contributed by atoms with Crippen LogP contribution in [0.3, 0.4) is 0 Å². The zero-order valence-electron chi connectivity index (χ0n) is 9.19. The predicted molar refractivity (Wildman–Crippen MR) is 59.5 cm³/mol. The maximum atomic E-state index is 9.19. The minimum absolute atomic E-state index is 0.323. The van der Waals surface area contributed by atoms with Crippen molar-refractivity contribution in [3.63, 3.8) is 0 Å². The Morgan fingerprint density at radius 2 is 2.27 bits per heavy atom. The zero-order valence-corrected chi connectivity index (χ0v) is 9.19. The maximum absolute atomic E-state index is 9.19. The smallest absolute Gasteiger partial charge is 0.110 e. The highest BCUT2D eigenvalue weighted by atomic mass is 16.5. The predicted octanol–water partition coefficient (Wildman–Crippen LogP) is 1.43. The summed E-state index contributed by atoms with van der Waals surface area (Å²) in [6.07, 6.45) is 10.1. The van der Waals surface area contributed by atoms with E-state index in [4.69, 9.17) is 4.74 Å². The summed E-state index contributed by atoms with van der Waals surface area (Å²) in [5.74, 6) is 0.462. The highest BCUT2D eigenvalue weighted by Gasteiger charge is 2.26. The second-order valence-electron chi connectivity index (χ2n) is 4.60. The molecular weight excluding hydrogens is 190 g/mol. The van der Waals surface area contributed by atoms with E-state index >= 15 is 0 Å². The Kier molecular flexibility index (Phi) is 4.03. The molecule has 0 amide bonds. The zero-order chi connectivity index (χ0) is 10.5. The van der Waals surface area contributed by atoms with Gasteiger partial charge >= 0.3 is 0 Å². The van der Waals surface area contributed by atoms with E-state index in [1.54, 1.807) is 0 Å². The Hall–Kier alpha value is -0.540. The molecule has 0 bridgehead atoms. The van der Waals surface area contributed by atoms with Crippen LogP contribution in [0.5, 0.6) is 0 Å². The van der Waals surface area contributed by atoms with Crippen LogP contribution in [-0.2, 0) is 4.74 Å². The van der Waals surface area contributed by atoms with Crippen molar-refractivity contribution >= 4 is 0 Å². The summed E-state index contributed by atoms with van der Waals surface area (Å²) >= 11 is 0. The van der Waals surface area contributed by atoms with Gasteiger partial charge in [-0.25, -0.2) is 0 Å². The van der Waals surface area contributed by atoms with E-state index in [0.717, 1.165) is 19.4 Å². The lowest BCUT2D eigenvalue weighted by Gasteiger charge is -2.24. The van der Waals surface area contributed by atoms with Gasteiger partial charge in [0, 0.05) is 19.2 Å². The van der Waals surface area contributed by atoms with Crippen LogP contribution in [0, 0.1) is 5.92 Å². The summed E-state index contributed by atoms with van der Waals surface area (Å²) in [6.45, 7) is 1.24. The van der Waals surface area contributed by atoms with Gasteiger partial charge in [0.15, 0.2) is 0 Å². The van der Waals surface area contributed by atoms with E-state index in [1.807, 2.05) is 6.26 Å². The highest BCUT2D eigenvalue weighted by Crippen LogP contribution is 2.25. The minimum atomic E-state index is 0.323. The Labute approximate surface area is 91.5 Å². The van der Waals surface area contributed by atoms with Crippen LogP contribution in [0.4, 0.5) is 0 Å². The second-order valence-corrected chi connectivity index (χ2v) is 4.60. The van der Waals surface area contributed by atoms with Crippen LogP contribution in [0.2, 0.25) is 0 Å². The lowest BCUT2D eigenvalue weighted by Crippen LogP contribution is -2.39. The van der Waals surface area contributed by atoms with Crippen molar-refractivity contribution in [3.05, 3.63) is 12.3 Å². The first kappa shape index (κ1) is 11.0. The summed E-state index contributed by atoms with van der Waals surface area (Å²) in [5, 5.41) is 12.7. The van der Waals surface area contributed by atoms with Crippen molar-refractivity contribution in [1.82, 2.24) is 5.32 Å². The average molecular weight is 211 g/mol. The van der Waals surface area contributed by atoms with Crippen LogP contribution in [0.25, 0.3) is 0 Å². The number of ether oxygens (including phenoxy) is 1. The number of aliphatic hydroxyl groups is 1. The van der Waals surface area contributed by atoms with E-state index in [9.17, 15) is 5.11 Å². The summed E-state index contributed by atoms with van der Waals surface area (Å²) in [7, 11) is 0. The third-order valence-corrected chi connectivity index (χ3v) is 3.52. The maximum Gasteiger partial charge on any atom is 0.110 e. The summed E-state index contributed by atoms with van der Waals surface area (Å²) in [6, 6.07) is 0.504. The van der Waals surface area contributed by atoms with E-state index in [-0.39, 0.29) is 0 Å². The van der Waals surface area contributed by atoms with Gasteiger partial charge in [-0.1, -0.05) is 6.42 Å². The molecule has 1 saturated carbocycles. The Bertz CT molecular complexity index is 218. The molecule has 0 saturated heterocycles. The third kappa shape index (κ3) is 2.95. The van der Waals surface area contributed by atoms with Crippen LogP contribution < -0.4 is 5.32 Å². The van der Waals surface area contributed by atoms with Gasteiger partial charge in [-0.05, 0) is 37.7 Å². The van der Waals surface area contributed by atoms with Crippen molar-refractivity contribution in [2.45, 2.75) is 44.2 Å². The molecule has 3 atom stereocenters. The first-order valence-electron chi connectivity index (χ1n) is 6.05. The Morgan fingerprint density at radius 3 is 3.00 bits per heavy atom. The summed E-state index contributed by atoms with van der Waals surface area (Å²) in [5.41, 5.74) is 0. The topological polar surface area (TPSA) is 41.5 Å². The minimum Gasteiger partial charge on any atom is -0.497 e. The van der Waals surface area contributed by atoms with Crippen molar-refractivity contribution in [3.8, 4) is 0 Å². The fourth-order valence-electron chi connectivity index (χ4n) is 2.54. The molecule has 2 rings (SSSR count). The first-order valence-corrected chi connectivity index (χ1v) is 6.05. The number of hydrogen-bond acceptors (Lipinski definition) is 3. The monoisotopic (exact) mass is 211 g/mol. The molecule has 1 aliphatic carbocycles. The van der Waals surface area contributed by atoms with Gasteiger partial charge in [-0.3, -0.25) is 0 Å². The molecular formula is C12H21NO2. The fraction of sp³-hybridized carbons (Fsp3) is 0.833. The largest absolute Gasteiger partial charge is 0.497 e. The van der Waals surface area contributed by atoms with Crippen LogP contribution in [0.1, 0.15) is 32.1 Å². The molecule has 0 aromatic carbocycles. The molecule has 1 fully saturated rings. The first-order chi connectivity index (χ1) is 7.40. The molecule has 15 heavy (non-hydrogen) atoms. The van der Waals surface area contributed by atoms with E-state index in [0.29, 0.717) is 24.7 Å². The molecule has 0 spiro atoms. The van der Waals surface area contributed by atoms with Gasteiger partial charge in [0.1, 0.15) is 6.10 Å². The summed E-state index contributed by atoms with van der Waals surface area (Å²) in [4.78, 5) is 0. The van der Waals surface area contributed by atoms with E-state index < -0.39 is 0 Å². The molecule has 86 valence electrons. The Morgan fingerprint density at radius 1 is 1.33 bits per heavy atom. The molecule has 3 unspecified atom stereocenters. The molecule has 0 aromatic heterocycles. The standard InChI is InChI=1S/C12H21NO2/c14-9-10-4-3-6-12(10)13-8-11-5-1-2-7-15-11/h2,7,10-14H,1,3-6,8-9H2. The molecule has 1 aliphatic heterocycles. The lowest BCUT2D eigenvalue weighted by atomic mass is 10.0. The molecule has 0 aromatic rings. The molecule has 2 aliphatic rings. The quantitative estimate of drug-likeness (QED) is 0.739. The average Bonchev–Trinajstić information content (AvgIpc) is 2.75. The lowest BCUT2D eigenvalue weighted by molar-refractivity contribution is 0.113. The number of rotatable bonds is 4. The van der Waals surface area contributed by atoms with Crippen LogP contribution >= 0.6 is 0 Å². The molecule has 3 heteroatoms. The molecule has 2 N–H and O–H groups in total. The highest BCUT2D eigenvalue weighted by molar-refractivity contribution is 4.86. The summed E-state index contributed by atoms with van der Waals surface area (Å²) < 4.78 is 5.50. The van der Waals surface area contributed by atoms with Gasteiger partial charge in [-0.15, -0.1) is 0 Å².